The molecule has 2 N–H and O–H groups in total. The third-order valence-electron chi connectivity index (χ3n) is 3.07. The van der Waals surface area contributed by atoms with Crippen LogP contribution in [0.3, 0.4) is 0 Å². The van der Waals surface area contributed by atoms with E-state index in [2.05, 4.69) is 15.6 Å². The van der Waals surface area contributed by atoms with Crippen LogP contribution in [-0.2, 0) is 11.3 Å². The number of fused-ring (bicyclic) bond motifs is 1. The van der Waals surface area contributed by atoms with Crippen LogP contribution in [0.2, 0.25) is 0 Å². The van der Waals surface area contributed by atoms with Gasteiger partial charge in [-0.05, 0) is 32.2 Å². The summed E-state index contributed by atoms with van der Waals surface area (Å²) >= 11 is 2.51. The average Bonchev–Trinajstić information content (AvgIpc) is 2.96. The summed E-state index contributed by atoms with van der Waals surface area (Å²) < 4.78 is 2.15. The fourth-order valence-electron chi connectivity index (χ4n) is 1.92. The first kappa shape index (κ1) is 17.5. The number of carbonyl (C=O) groups is 2. The topological polar surface area (TPSA) is 93.1 Å². The van der Waals surface area contributed by atoms with Gasteiger partial charge in [0.25, 0.3) is 5.56 Å². The van der Waals surface area contributed by atoms with Crippen molar-refractivity contribution in [2.24, 2.45) is 0 Å². The number of nitrogens with zero attached hydrogens (tertiary/aromatic N) is 2. The van der Waals surface area contributed by atoms with Crippen molar-refractivity contribution < 1.29 is 9.59 Å². The smallest absolute Gasteiger partial charge is 0.321 e. The van der Waals surface area contributed by atoms with Crippen LogP contribution in [0.1, 0.15) is 20.8 Å². The van der Waals surface area contributed by atoms with Crippen LogP contribution < -0.4 is 16.2 Å². The number of aromatic nitrogens is 2. The Balaban J connectivity index is 2.22. The molecule has 2 heterocycles. The molecule has 0 aliphatic rings. The molecule has 0 aliphatic carbocycles. The molecule has 0 aromatic carbocycles. The first-order valence-corrected chi connectivity index (χ1v) is 8.97. The molecular formula is C14H18N4O3S2. The van der Waals surface area contributed by atoms with E-state index in [9.17, 15) is 14.4 Å². The van der Waals surface area contributed by atoms with Gasteiger partial charge in [0.1, 0.15) is 4.70 Å². The molecule has 2 aromatic heterocycles. The fourth-order valence-corrected chi connectivity index (χ4v) is 3.67. The molecular weight excluding hydrogens is 336 g/mol. The summed E-state index contributed by atoms with van der Waals surface area (Å²) in [6, 6.07) is 1.25. The lowest BCUT2D eigenvalue weighted by Crippen LogP contribution is -2.42. The van der Waals surface area contributed by atoms with E-state index in [-0.39, 0.29) is 5.56 Å². The maximum atomic E-state index is 12.4. The van der Waals surface area contributed by atoms with Crippen molar-refractivity contribution in [2.75, 3.05) is 6.54 Å². The van der Waals surface area contributed by atoms with E-state index in [1.807, 2.05) is 12.3 Å². The van der Waals surface area contributed by atoms with Crippen molar-refractivity contribution in [1.29, 1.82) is 0 Å². The third-order valence-corrected chi connectivity index (χ3v) is 5.05. The number of hydrogen-bond acceptors (Lipinski definition) is 6. The molecule has 7 nitrogen and oxygen atoms in total. The SMILES string of the molecule is CCNC(=O)NC(=O)C(C)Sc1nc2ccsc2c(=O)n1CC. The predicted octanol–water partition coefficient (Wildman–Crippen LogP) is 1.80. The van der Waals surface area contributed by atoms with Gasteiger partial charge in [0.15, 0.2) is 5.16 Å². The highest BCUT2D eigenvalue weighted by atomic mass is 32.2. The van der Waals surface area contributed by atoms with Gasteiger partial charge in [0, 0.05) is 13.1 Å². The van der Waals surface area contributed by atoms with Crippen molar-refractivity contribution in [3.63, 3.8) is 0 Å². The Bertz CT molecular complexity index is 784. The molecule has 0 saturated carbocycles. The lowest BCUT2D eigenvalue weighted by Gasteiger charge is -2.14. The molecule has 0 aliphatic heterocycles. The Hall–Kier alpha value is -1.87. The second-order valence-corrected chi connectivity index (χ2v) is 6.91. The maximum Gasteiger partial charge on any atom is 0.321 e. The zero-order chi connectivity index (χ0) is 17.0. The molecule has 3 amide bonds. The predicted molar refractivity (Wildman–Crippen MR) is 92.1 cm³/mol. The van der Waals surface area contributed by atoms with E-state index in [1.165, 1.54) is 11.3 Å². The number of amides is 3. The van der Waals surface area contributed by atoms with E-state index < -0.39 is 17.2 Å². The largest absolute Gasteiger partial charge is 0.338 e. The number of urea groups is 1. The highest BCUT2D eigenvalue weighted by Gasteiger charge is 2.20. The van der Waals surface area contributed by atoms with Gasteiger partial charge in [-0.1, -0.05) is 11.8 Å². The minimum atomic E-state index is -0.557. The van der Waals surface area contributed by atoms with Crippen LogP contribution in [0.5, 0.6) is 0 Å². The van der Waals surface area contributed by atoms with E-state index in [1.54, 1.807) is 24.5 Å². The molecule has 0 saturated heterocycles. The van der Waals surface area contributed by atoms with Gasteiger partial charge in [-0.2, -0.15) is 0 Å². The number of hydrogen-bond donors (Lipinski definition) is 2. The van der Waals surface area contributed by atoms with E-state index >= 15 is 0 Å². The number of imide groups is 1. The molecule has 0 bridgehead atoms. The highest BCUT2D eigenvalue weighted by molar-refractivity contribution is 8.00. The Kier molecular flexibility index (Phi) is 5.78. The summed E-state index contributed by atoms with van der Waals surface area (Å²) in [5.74, 6) is -0.428. The standard InChI is InChI=1S/C14H18N4O3S2/c1-4-15-13(21)17-11(19)8(3)23-14-16-9-6-7-22-10(9)12(20)18(14)5-2/h6-8H,4-5H2,1-3H3,(H2,15,17,19,21). The average molecular weight is 354 g/mol. The van der Waals surface area contributed by atoms with Gasteiger partial charge in [0.2, 0.25) is 5.91 Å². The second-order valence-electron chi connectivity index (χ2n) is 4.69. The molecule has 23 heavy (non-hydrogen) atoms. The van der Waals surface area contributed by atoms with Gasteiger partial charge < -0.3 is 5.32 Å². The molecule has 1 atom stereocenters. The molecule has 2 rings (SSSR count). The zero-order valence-corrected chi connectivity index (χ0v) is 14.7. The van der Waals surface area contributed by atoms with Crippen LogP contribution in [0.25, 0.3) is 10.2 Å². The number of thioether (sulfide) groups is 1. The van der Waals surface area contributed by atoms with Crippen LogP contribution in [0.4, 0.5) is 4.79 Å². The number of thiophene rings is 1. The normalized spacial score (nSPS) is 12.1. The molecule has 2 aromatic rings. The van der Waals surface area contributed by atoms with Crippen molar-refractivity contribution in [2.45, 2.75) is 37.7 Å². The Morgan fingerprint density at radius 3 is 2.83 bits per heavy atom. The van der Waals surface area contributed by atoms with Gasteiger partial charge >= 0.3 is 6.03 Å². The van der Waals surface area contributed by atoms with Crippen molar-refractivity contribution >= 4 is 45.3 Å². The summed E-state index contributed by atoms with van der Waals surface area (Å²) in [6.07, 6.45) is 0. The molecule has 124 valence electrons. The maximum absolute atomic E-state index is 12.4. The first-order chi connectivity index (χ1) is 11.0. The second kappa shape index (κ2) is 7.60. The van der Waals surface area contributed by atoms with Crippen molar-refractivity contribution in [3.8, 4) is 0 Å². The quantitative estimate of drug-likeness (QED) is 0.631. The summed E-state index contributed by atoms with van der Waals surface area (Å²) in [5, 5.41) is 6.50. The zero-order valence-electron chi connectivity index (χ0n) is 13.1. The van der Waals surface area contributed by atoms with Gasteiger partial charge in [0.05, 0.1) is 10.8 Å². The minimum Gasteiger partial charge on any atom is -0.338 e. The van der Waals surface area contributed by atoms with Gasteiger partial charge in [-0.25, -0.2) is 9.78 Å². The van der Waals surface area contributed by atoms with Crippen molar-refractivity contribution in [3.05, 3.63) is 21.8 Å². The fraction of sp³-hybridized carbons (Fsp3) is 0.429. The molecule has 1 unspecified atom stereocenters. The van der Waals surface area contributed by atoms with Crippen LogP contribution >= 0.6 is 23.1 Å². The summed E-state index contributed by atoms with van der Waals surface area (Å²) in [4.78, 5) is 40.3. The van der Waals surface area contributed by atoms with E-state index in [0.717, 1.165) is 11.8 Å². The summed E-state index contributed by atoms with van der Waals surface area (Å²) in [5.41, 5.74) is 0.523. The minimum absolute atomic E-state index is 0.105. The Morgan fingerprint density at radius 2 is 2.17 bits per heavy atom. The first-order valence-electron chi connectivity index (χ1n) is 7.21. The number of nitrogens with one attached hydrogen (secondary N) is 2. The molecule has 9 heteroatoms. The third kappa shape index (κ3) is 3.91. The Morgan fingerprint density at radius 1 is 1.43 bits per heavy atom. The summed E-state index contributed by atoms with van der Waals surface area (Å²) in [7, 11) is 0. The van der Waals surface area contributed by atoms with Crippen molar-refractivity contribution in [1.82, 2.24) is 20.2 Å². The summed E-state index contributed by atoms with van der Waals surface area (Å²) in [6.45, 7) is 6.19. The Labute approximate surface area is 141 Å². The number of rotatable bonds is 5. The monoisotopic (exact) mass is 354 g/mol. The molecule has 0 fully saturated rings. The van der Waals surface area contributed by atoms with Crippen LogP contribution in [0, 0.1) is 0 Å². The lowest BCUT2D eigenvalue weighted by atomic mass is 10.4. The van der Waals surface area contributed by atoms with E-state index in [4.69, 9.17) is 0 Å². The van der Waals surface area contributed by atoms with Crippen LogP contribution in [-0.4, -0.2) is 33.3 Å². The van der Waals surface area contributed by atoms with Gasteiger partial charge in [-0.3, -0.25) is 19.5 Å². The number of carbonyl (C=O) groups excluding carboxylic acids is 2. The molecule has 0 radical (unpaired) electrons. The molecule has 0 spiro atoms. The highest BCUT2D eigenvalue weighted by Crippen LogP contribution is 2.24. The van der Waals surface area contributed by atoms with E-state index in [0.29, 0.717) is 28.5 Å². The van der Waals surface area contributed by atoms with Gasteiger partial charge in [-0.15, -0.1) is 11.3 Å². The van der Waals surface area contributed by atoms with Crippen LogP contribution in [0.15, 0.2) is 21.4 Å². The lowest BCUT2D eigenvalue weighted by molar-refractivity contribution is -0.119.